The summed E-state index contributed by atoms with van der Waals surface area (Å²) in [5, 5.41) is 0. The molecule has 4 rings (SSSR count). The van der Waals surface area contributed by atoms with Crippen LogP contribution in [0.25, 0.3) is 0 Å². The lowest BCUT2D eigenvalue weighted by Gasteiger charge is -2.42. The number of ether oxygens (including phenoxy) is 1. The molecule has 122 valence electrons. The molecule has 0 aromatic rings. The first-order chi connectivity index (χ1) is 10.4. The Balaban J connectivity index is 1.43. The van der Waals surface area contributed by atoms with Gasteiger partial charge in [-0.2, -0.15) is 0 Å². The van der Waals surface area contributed by atoms with Gasteiger partial charge in [-0.05, 0) is 62.2 Å². The number of rotatable bonds is 3. The van der Waals surface area contributed by atoms with Crippen molar-refractivity contribution in [1.82, 2.24) is 0 Å². The molecule has 0 amide bonds. The Morgan fingerprint density at radius 3 is 2.68 bits per heavy atom. The predicted octanol–water partition coefficient (Wildman–Crippen LogP) is 3.89. The number of Topliss-reactive ketones (excluding diaryl/α,β-unsaturated/α-hetero) is 1. The molecule has 4 fully saturated rings. The van der Waals surface area contributed by atoms with Crippen molar-refractivity contribution in [2.45, 2.75) is 77.7 Å². The van der Waals surface area contributed by atoms with Gasteiger partial charge in [-0.1, -0.05) is 13.8 Å². The molecule has 22 heavy (non-hydrogen) atoms. The predicted molar refractivity (Wildman–Crippen MR) is 83.1 cm³/mol. The normalized spacial score (nSPS) is 44.0. The summed E-state index contributed by atoms with van der Waals surface area (Å²) in [6, 6.07) is 0. The fourth-order valence-electron chi connectivity index (χ4n) is 6.01. The van der Waals surface area contributed by atoms with E-state index in [2.05, 4.69) is 13.8 Å². The van der Waals surface area contributed by atoms with Gasteiger partial charge < -0.3 is 4.74 Å². The second-order valence-electron chi connectivity index (χ2n) is 8.79. The van der Waals surface area contributed by atoms with E-state index in [1.165, 1.54) is 12.8 Å². The average Bonchev–Trinajstić information content (AvgIpc) is 3.04. The van der Waals surface area contributed by atoms with Gasteiger partial charge in [0.05, 0.1) is 5.41 Å². The summed E-state index contributed by atoms with van der Waals surface area (Å²) >= 11 is 0. The van der Waals surface area contributed by atoms with Crippen LogP contribution in [-0.4, -0.2) is 17.9 Å². The van der Waals surface area contributed by atoms with Crippen LogP contribution in [0.1, 0.15) is 71.6 Å². The molecule has 1 saturated heterocycles. The third-order valence-electron chi connectivity index (χ3n) is 7.44. The lowest BCUT2D eigenvalue weighted by Crippen LogP contribution is -2.39. The van der Waals surface area contributed by atoms with Crippen molar-refractivity contribution >= 4 is 11.8 Å². The third-order valence-corrected chi connectivity index (χ3v) is 7.44. The molecule has 2 unspecified atom stereocenters. The van der Waals surface area contributed by atoms with E-state index in [0.717, 1.165) is 44.9 Å². The van der Waals surface area contributed by atoms with Crippen molar-refractivity contribution in [2.75, 3.05) is 0 Å². The summed E-state index contributed by atoms with van der Waals surface area (Å²) in [7, 11) is 0. The van der Waals surface area contributed by atoms with Crippen LogP contribution in [-0.2, 0) is 14.3 Å². The Labute approximate surface area is 133 Å². The number of hydrogen-bond donors (Lipinski definition) is 0. The molecule has 0 N–H and O–H groups in total. The lowest BCUT2D eigenvalue weighted by atomic mass is 9.62. The maximum absolute atomic E-state index is 12.3. The van der Waals surface area contributed by atoms with E-state index < -0.39 is 0 Å². The molecular weight excluding hydrogens is 276 g/mol. The highest BCUT2D eigenvalue weighted by atomic mass is 16.6. The minimum absolute atomic E-state index is 0.0630. The minimum Gasteiger partial charge on any atom is -0.462 e. The third kappa shape index (κ3) is 2.07. The molecule has 3 saturated carbocycles. The highest BCUT2D eigenvalue weighted by Crippen LogP contribution is 2.59. The fraction of sp³-hybridized carbons (Fsp3) is 0.895. The van der Waals surface area contributed by atoms with Crippen LogP contribution in [0.5, 0.6) is 0 Å². The van der Waals surface area contributed by atoms with E-state index >= 15 is 0 Å². The summed E-state index contributed by atoms with van der Waals surface area (Å²) in [6.45, 7) is 4.68. The number of esters is 1. The van der Waals surface area contributed by atoms with Crippen LogP contribution < -0.4 is 0 Å². The molecule has 1 spiro atoms. The highest BCUT2D eigenvalue weighted by Gasteiger charge is 2.58. The molecule has 0 bridgehead atoms. The first-order valence-corrected chi connectivity index (χ1v) is 9.18. The summed E-state index contributed by atoms with van der Waals surface area (Å²) in [6.07, 6.45) is 9.47. The van der Waals surface area contributed by atoms with Gasteiger partial charge >= 0.3 is 5.97 Å². The van der Waals surface area contributed by atoms with Crippen LogP contribution in [0, 0.1) is 28.6 Å². The smallest absolute Gasteiger partial charge is 0.312 e. The second-order valence-corrected chi connectivity index (χ2v) is 8.79. The monoisotopic (exact) mass is 304 g/mol. The average molecular weight is 304 g/mol. The Morgan fingerprint density at radius 1 is 1.23 bits per heavy atom. The molecule has 0 aromatic carbocycles. The topological polar surface area (TPSA) is 43.4 Å². The van der Waals surface area contributed by atoms with Crippen LogP contribution in [0.3, 0.4) is 0 Å². The van der Waals surface area contributed by atoms with Crippen LogP contribution in [0.15, 0.2) is 0 Å². The van der Waals surface area contributed by atoms with E-state index in [-0.39, 0.29) is 22.9 Å². The molecule has 1 heterocycles. The summed E-state index contributed by atoms with van der Waals surface area (Å²) in [5.41, 5.74) is 0.127. The van der Waals surface area contributed by atoms with Crippen LogP contribution >= 0.6 is 0 Å². The summed E-state index contributed by atoms with van der Waals surface area (Å²) < 4.78 is 5.65. The van der Waals surface area contributed by atoms with Gasteiger partial charge in [-0.15, -0.1) is 0 Å². The van der Waals surface area contributed by atoms with Crippen molar-refractivity contribution < 1.29 is 14.3 Å². The molecule has 0 radical (unpaired) electrons. The maximum atomic E-state index is 12.3. The Bertz CT molecular complexity index is 507. The number of hydrogen-bond acceptors (Lipinski definition) is 3. The van der Waals surface area contributed by atoms with Crippen molar-refractivity contribution in [1.29, 1.82) is 0 Å². The lowest BCUT2D eigenvalue weighted by molar-refractivity contribution is -0.145. The van der Waals surface area contributed by atoms with Gasteiger partial charge in [0.15, 0.2) is 0 Å². The van der Waals surface area contributed by atoms with Gasteiger partial charge in [-0.25, -0.2) is 0 Å². The van der Waals surface area contributed by atoms with E-state index in [0.29, 0.717) is 23.5 Å². The van der Waals surface area contributed by atoms with E-state index in [4.69, 9.17) is 4.74 Å². The van der Waals surface area contributed by atoms with Gasteiger partial charge in [-0.3, -0.25) is 9.59 Å². The maximum Gasteiger partial charge on any atom is 0.312 e. The zero-order chi connectivity index (χ0) is 15.5. The molecule has 3 aliphatic carbocycles. The molecule has 3 nitrogen and oxygen atoms in total. The summed E-state index contributed by atoms with van der Waals surface area (Å²) in [4.78, 5) is 24.2. The van der Waals surface area contributed by atoms with E-state index in [1.54, 1.807) is 0 Å². The molecular formula is C19H28O3. The SMILES string of the molecule is C[C@H](CC1CC2(CC2)C(=O)O1)[C@H]1CCC2C(=O)CCC[C@@]21C. The van der Waals surface area contributed by atoms with Gasteiger partial charge in [0, 0.05) is 18.8 Å². The first-order valence-electron chi connectivity index (χ1n) is 9.18. The number of carbonyl (C=O) groups is 2. The zero-order valence-corrected chi connectivity index (χ0v) is 13.9. The zero-order valence-electron chi connectivity index (χ0n) is 13.9. The van der Waals surface area contributed by atoms with Crippen molar-refractivity contribution in [3.8, 4) is 0 Å². The number of fused-ring (bicyclic) bond motifs is 1. The van der Waals surface area contributed by atoms with Crippen molar-refractivity contribution in [3.05, 3.63) is 0 Å². The van der Waals surface area contributed by atoms with Gasteiger partial charge in [0.2, 0.25) is 0 Å². The largest absolute Gasteiger partial charge is 0.462 e. The first kappa shape index (κ1) is 14.7. The molecule has 4 aliphatic rings. The van der Waals surface area contributed by atoms with Gasteiger partial charge in [0.25, 0.3) is 0 Å². The number of carbonyl (C=O) groups excluding carboxylic acids is 2. The molecule has 5 atom stereocenters. The quantitative estimate of drug-likeness (QED) is 0.743. The number of ketones is 1. The molecule has 0 aromatic heterocycles. The standard InChI is InChI=1S/C19H28O3/c1-12(10-13-11-19(8-9-19)17(21)22-13)14-5-6-15-16(20)4-3-7-18(14,15)2/h12-15H,3-11H2,1-2H3/t12-,13?,14-,15?,18-/m1/s1. The Hall–Kier alpha value is -0.860. The molecule has 3 heteroatoms. The van der Waals surface area contributed by atoms with Crippen molar-refractivity contribution in [3.63, 3.8) is 0 Å². The highest BCUT2D eigenvalue weighted by molar-refractivity contribution is 5.83. The Morgan fingerprint density at radius 2 is 2.00 bits per heavy atom. The van der Waals surface area contributed by atoms with Crippen molar-refractivity contribution in [2.24, 2.45) is 28.6 Å². The second kappa shape index (κ2) is 4.82. The van der Waals surface area contributed by atoms with E-state index in [1.807, 2.05) is 0 Å². The summed E-state index contributed by atoms with van der Waals surface area (Å²) in [5.74, 6) is 2.04. The van der Waals surface area contributed by atoms with E-state index in [9.17, 15) is 9.59 Å². The fourth-order valence-corrected chi connectivity index (χ4v) is 6.01. The molecule has 1 aliphatic heterocycles. The van der Waals surface area contributed by atoms with Gasteiger partial charge in [0.1, 0.15) is 11.9 Å². The van der Waals surface area contributed by atoms with Crippen LogP contribution in [0.4, 0.5) is 0 Å². The Kier molecular flexibility index (Phi) is 3.22. The van der Waals surface area contributed by atoms with Crippen LogP contribution in [0.2, 0.25) is 0 Å². The number of cyclic esters (lactones) is 1. The minimum atomic E-state index is -0.0761.